The second kappa shape index (κ2) is 10.8. The van der Waals surface area contributed by atoms with E-state index in [1.807, 2.05) is 47.7 Å². The zero-order valence-electron chi connectivity index (χ0n) is 18.5. The van der Waals surface area contributed by atoms with Crippen molar-refractivity contribution in [3.05, 3.63) is 87.6 Å². The highest BCUT2D eigenvalue weighted by Gasteiger charge is 2.23. The summed E-state index contributed by atoms with van der Waals surface area (Å²) in [6.07, 6.45) is 3.89. The highest BCUT2D eigenvalue weighted by Crippen LogP contribution is 2.21. The van der Waals surface area contributed by atoms with Crippen LogP contribution < -0.4 is 0 Å². The lowest BCUT2D eigenvalue weighted by Gasteiger charge is -2.33. The molecule has 1 aromatic heterocycles. The molecule has 4 nitrogen and oxygen atoms in total. The molecule has 0 unspecified atom stereocenters. The molecule has 6 heteroatoms. The zero-order valence-corrected chi connectivity index (χ0v) is 19.4. The van der Waals surface area contributed by atoms with Crippen molar-refractivity contribution in [3.63, 3.8) is 0 Å². The number of likely N-dealkylation sites (tertiary alicyclic amines) is 1. The smallest absolute Gasteiger partial charge is 0.273 e. The van der Waals surface area contributed by atoms with Crippen molar-refractivity contribution in [3.8, 4) is 0 Å². The van der Waals surface area contributed by atoms with Gasteiger partial charge in [-0.3, -0.25) is 4.79 Å². The summed E-state index contributed by atoms with van der Waals surface area (Å²) < 4.78 is 13.0. The number of hydrogen-bond acceptors (Lipinski definition) is 4. The molecule has 1 aliphatic rings. The molecule has 0 spiro atoms. The van der Waals surface area contributed by atoms with Gasteiger partial charge in [0.15, 0.2) is 0 Å². The van der Waals surface area contributed by atoms with Crippen molar-refractivity contribution >= 4 is 17.2 Å². The van der Waals surface area contributed by atoms with Crippen LogP contribution in [0.15, 0.2) is 60.0 Å². The van der Waals surface area contributed by atoms with Crippen molar-refractivity contribution in [2.24, 2.45) is 5.92 Å². The topological polar surface area (TPSA) is 36.4 Å². The third-order valence-electron chi connectivity index (χ3n) is 6.18. The molecule has 0 radical (unpaired) electrons. The molecular formula is C26H30FN3OS. The molecule has 0 aliphatic carbocycles. The van der Waals surface area contributed by atoms with E-state index in [2.05, 4.69) is 22.0 Å². The normalized spacial score (nSPS) is 15.1. The van der Waals surface area contributed by atoms with Crippen molar-refractivity contribution in [1.82, 2.24) is 14.8 Å². The average molecular weight is 452 g/mol. The maximum Gasteiger partial charge on any atom is 0.273 e. The maximum absolute atomic E-state index is 13.0. The molecule has 2 heterocycles. The Morgan fingerprint density at radius 2 is 1.81 bits per heavy atom. The molecule has 0 N–H and O–H groups in total. The molecule has 1 aliphatic heterocycles. The van der Waals surface area contributed by atoms with Crippen LogP contribution in [0.3, 0.4) is 0 Å². The highest BCUT2D eigenvalue weighted by atomic mass is 32.1. The van der Waals surface area contributed by atoms with Crippen LogP contribution in [0.4, 0.5) is 4.39 Å². The first-order valence-electron chi connectivity index (χ1n) is 11.3. The Morgan fingerprint density at radius 3 is 2.53 bits per heavy atom. The maximum atomic E-state index is 13.0. The molecule has 32 heavy (non-hydrogen) atoms. The Balaban J connectivity index is 1.21. The molecule has 2 aromatic carbocycles. The number of carbonyl (C=O) groups is 1. The lowest BCUT2D eigenvalue weighted by atomic mass is 9.96. The number of amides is 1. The molecule has 0 saturated carbocycles. The number of rotatable bonds is 8. The Bertz CT molecular complexity index is 997. The number of halogens is 1. The van der Waals surface area contributed by atoms with Crippen LogP contribution in [0.2, 0.25) is 0 Å². The van der Waals surface area contributed by atoms with Gasteiger partial charge in [-0.05, 0) is 61.5 Å². The summed E-state index contributed by atoms with van der Waals surface area (Å²) in [4.78, 5) is 21.8. The number of benzene rings is 2. The lowest BCUT2D eigenvalue weighted by molar-refractivity contribution is 0.0735. The zero-order chi connectivity index (χ0) is 22.3. The Morgan fingerprint density at radius 1 is 1.09 bits per heavy atom. The predicted molar refractivity (Wildman–Crippen MR) is 128 cm³/mol. The summed E-state index contributed by atoms with van der Waals surface area (Å²) in [6.45, 7) is 3.87. The van der Waals surface area contributed by atoms with Crippen molar-refractivity contribution in [1.29, 1.82) is 0 Å². The van der Waals surface area contributed by atoms with E-state index < -0.39 is 0 Å². The summed E-state index contributed by atoms with van der Waals surface area (Å²) in [6, 6.07) is 17.0. The number of nitrogens with zero attached hydrogens (tertiary/aromatic N) is 3. The van der Waals surface area contributed by atoms with E-state index in [0.29, 0.717) is 11.6 Å². The Labute approximate surface area is 193 Å². The van der Waals surface area contributed by atoms with Gasteiger partial charge in [-0.15, -0.1) is 11.3 Å². The first-order chi connectivity index (χ1) is 15.6. The number of hydrogen-bond donors (Lipinski definition) is 0. The average Bonchev–Trinajstić information content (AvgIpc) is 3.28. The minimum atomic E-state index is -0.182. The van der Waals surface area contributed by atoms with Gasteiger partial charge in [-0.25, -0.2) is 9.37 Å². The SMILES string of the molecule is CN(CC1CCN(CCc2ccc(F)cc2)CC1)C(=O)c1csc(Cc2ccccc2)n1. The number of thiazole rings is 1. The first kappa shape index (κ1) is 22.6. The summed E-state index contributed by atoms with van der Waals surface area (Å²) >= 11 is 1.55. The van der Waals surface area contributed by atoms with Crippen LogP contribution in [-0.4, -0.2) is 53.9 Å². The molecule has 1 amide bonds. The van der Waals surface area contributed by atoms with E-state index in [1.54, 1.807) is 11.3 Å². The first-order valence-corrected chi connectivity index (χ1v) is 12.2. The van der Waals surface area contributed by atoms with Gasteiger partial charge >= 0.3 is 0 Å². The molecule has 0 atom stereocenters. The van der Waals surface area contributed by atoms with E-state index in [4.69, 9.17) is 0 Å². The predicted octanol–water partition coefficient (Wildman–Crippen LogP) is 4.90. The van der Waals surface area contributed by atoms with E-state index in [9.17, 15) is 9.18 Å². The summed E-state index contributed by atoms with van der Waals surface area (Å²) in [5.74, 6) is 0.353. The highest BCUT2D eigenvalue weighted by molar-refractivity contribution is 7.09. The fourth-order valence-corrected chi connectivity index (χ4v) is 5.06. The van der Waals surface area contributed by atoms with Crippen LogP contribution in [0, 0.1) is 11.7 Å². The van der Waals surface area contributed by atoms with Crippen molar-refractivity contribution in [2.75, 3.05) is 33.2 Å². The van der Waals surface area contributed by atoms with Crippen LogP contribution in [-0.2, 0) is 12.8 Å². The van der Waals surface area contributed by atoms with Crippen molar-refractivity contribution in [2.45, 2.75) is 25.7 Å². The van der Waals surface area contributed by atoms with Gasteiger partial charge in [0, 0.05) is 31.9 Å². The largest absolute Gasteiger partial charge is 0.340 e. The third-order valence-corrected chi connectivity index (χ3v) is 7.03. The number of carbonyl (C=O) groups excluding carboxylic acids is 1. The minimum Gasteiger partial charge on any atom is -0.340 e. The second-order valence-electron chi connectivity index (χ2n) is 8.64. The monoisotopic (exact) mass is 451 g/mol. The molecule has 1 saturated heterocycles. The second-order valence-corrected chi connectivity index (χ2v) is 9.58. The summed E-state index contributed by atoms with van der Waals surface area (Å²) in [5, 5.41) is 2.86. The Hall–Kier alpha value is -2.57. The van der Waals surface area contributed by atoms with E-state index in [0.717, 1.165) is 56.9 Å². The number of piperidine rings is 1. The third kappa shape index (κ3) is 6.24. The van der Waals surface area contributed by atoms with Gasteiger partial charge in [0.05, 0.1) is 5.01 Å². The minimum absolute atomic E-state index is 0.0132. The molecule has 1 fully saturated rings. The van der Waals surface area contributed by atoms with Crippen LogP contribution in [0.1, 0.15) is 39.5 Å². The molecule has 168 valence electrons. The Kier molecular flexibility index (Phi) is 7.66. The van der Waals surface area contributed by atoms with Crippen LogP contribution in [0.25, 0.3) is 0 Å². The fourth-order valence-electron chi connectivity index (χ4n) is 4.26. The molecule has 4 rings (SSSR count). The molecular weight excluding hydrogens is 421 g/mol. The summed E-state index contributed by atoms with van der Waals surface area (Å²) in [5.41, 5.74) is 2.94. The van der Waals surface area contributed by atoms with Crippen LogP contribution >= 0.6 is 11.3 Å². The van der Waals surface area contributed by atoms with Gasteiger partial charge in [-0.2, -0.15) is 0 Å². The standard InChI is InChI=1S/C26H30FN3OS/c1-29(26(31)24-19-32-25(28-24)17-21-5-3-2-4-6-21)18-22-12-15-30(16-13-22)14-11-20-7-9-23(27)10-8-20/h2-10,19,22H,11-18H2,1H3. The van der Waals surface area contributed by atoms with E-state index >= 15 is 0 Å². The molecule has 0 bridgehead atoms. The van der Waals surface area contributed by atoms with Gasteiger partial charge in [-0.1, -0.05) is 42.5 Å². The van der Waals surface area contributed by atoms with E-state index in [1.165, 1.54) is 23.3 Å². The van der Waals surface area contributed by atoms with E-state index in [-0.39, 0.29) is 11.7 Å². The summed E-state index contributed by atoms with van der Waals surface area (Å²) in [7, 11) is 1.89. The number of aromatic nitrogens is 1. The van der Waals surface area contributed by atoms with Gasteiger partial charge in [0.2, 0.25) is 0 Å². The lowest BCUT2D eigenvalue weighted by Crippen LogP contribution is -2.40. The van der Waals surface area contributed by atoms with Gasteiger partial charge in [0.25, 0.3) is 5.91 Å². The quantitative estimate of drug-likeness (QED) is 0.489. The van der Waals surface area contributed by atoms with Gasteiger partial charge in [0.1, 0.15) is 11.5 Å². The molecule has 3 aromatic rings. The van der Waals surface area contributed by atoms with Crippen molar-refractivity contribution < 1.29 is 9.18 Å². The van der Waals surface area contributed by atoms with Crippen LogP contribution in [0.5, 0.6) is 0 Å². The fraction of sp³-hybridized carbons (Fsp3) is 0.385. The van der Waals surface area contributed by atoms with Gasteiger partial charge < -0.3 is 9.80 Å².